The Morgan fingerprint density at radius 1 is 1.14 bits per heavy atom. The highest BCUT2D eigenvalue weighted by Gasteiger charge is 2.21. The molecule has 1 fully saturated rings. The van der Waals surface area contributed by atoms with Crippen LogP contribution in [0.3, 0.4) is 0 Å². The van der Waals surface area contributed by atoms with E-state index in [2.05, 4.69) is 20.8 Å². The fraction of sp³-hybridized carbons (Fsp3) is 0.450. The van der Waals surface area contributed by atoms with Crippen molar-refractivity contribution < 1.29 is 19.1 Å². The summed E-state index contributed by atoms with van der Waals surface area (Å²) in [5, 5.41) is 13.4. The van der Waals surface area contributed by atoms with E-state index in [0.717, 1.165) is 42.5 Å². The van der Waals surface area contributed by atoms with Gasteiger partial charge in [0.2, 0.25) is 0 Å². The summed E-state index contributed by atoms with van der Waals surface area (Å²) in [4.78, 5) is 37.3. The number of imide groups is 1. The zero-order chi connectivity index (χ0) is 21.0. The quantitative estimate of drug-likeness (QED) is 0.744. The van der Waals surface area contributed by atoms with Gasteiger partial charge < -0.3 is 10.1 Å². The molecule has 0 radical (unpaired) electrons. The summed E-state index contributed by atoms with van der Waals surface area (Å²) < 4.78 is 4.99. The van der Waals surface area contributed by atoms with Crippen molar-refractivity contribution in [3.63, 3.8) is 0 Å². The summed E-state index contributed by atoms with van der Waals surface area (Å²) in [6.45, 7) is 4.98. The number of esters is 1. The fourth-order valence-electron chi connectivity index (χ4n) is 3.36. The van der Waals surface area contributed by atoms with E-state index >= 15 is 0 Å². The lowest BCUT2D eigenvalue weighted by molar-refractivity contribution is -0.123. The summed E-state index contributed by atoms with van der Waals surface area (Å²) in [6.07, 6.45) is 3.95. The summed E-state index contributed by atoms with van der Waals surface area (Å²) in [5.41, 5.74) is 3.23. The Bertz CT molecular complexity index is 931. The Morgan fingerprint density at radius 3 is 2.55 bits per heavy atom. The van der Waals surface area contributed by atoms with Crippen LogP contribution in [0.1, 0.15) is 53.0 Å². The van der Waals surface area contributed by atoms with Gasteiger partial charge in [-0.25, -0.2) is 9.59 Å². The average Bonchev–Trinajstić information content (AvgIpc) is 3.29. The fourth-order valence-corrected chi connectivity index (χ4v) is 3.36. The molecule has 9 heteroatoms. The van der Waals surface area contributed by atoms with E-state index in [1.54, 1.807) is 6.92 Å². The second kappa shape index (κ2) is 8.85. The zero-order valence-electron chi connectivity index (χ0n) is 16.8. The number of benzene rings is 1. The number of carbonyl (C=O) groups is 3. The van der Waals surface area contributed by atoms with Gasteiger partial charge in [-0.1, -0.05) is 30.5 Å². The standard InChI is InChI=1S/C20H25N5O4/c1-12-8-9-16(13(2)10-12)25-23-14(3)18(24-25)19(27)29-11-17(26)22-20(28)21-15-6-4-5-7-15/h8-10,15H,4-7,11H2,1-3H3,(H2,21,22,26,28). The third-order valence-electron chi connectivity index (χ3n) is 4.82. The van der Waals surface area contributed by atoms with Gasteiger partial charge in [-0.2, -0.15) is 9.90 Å². The van der Waals surface area contributed by atoms with Crippen molar-refractivity contribution in [3.8, 4) is 5.69 Å². The third kappa shape index (κ3) is 5.18. The molecule has 1 aliphatic carbocycles. The smallest absolute Gasteiger partial charge is 0.361 e. The number of rotatable bonds is 5. The van der Waals surface area contributed by atoms with Gasteiger partial charge in [-0.05, 0) is 45.2 Å². The van der Waals surface area contributed by atoms with Crippen molar-refractivity contribution in [2.75, 3.05) is 6.61 Å². The second-order valence-corrected chi connectivity index (χ2v) is 7.29. The molecule has 29 heavy (non-hydrogen) atoms. The number of carbonyl (C=O) groups excluding carboxylic acids is 3. The van der Waals surface area contributed by atoms with E-state index in [1.807, 2.05) is 32.0 Å². The maximum Gasteiger partial charge on any atom is 0.361 e. The van der Waals surface area contributed by atoms with Crippen LogP contribution in [-0.2, 0) is 9.53 Å². The molecule has 1 saturated carbocycles. The Labute approximate surface area is 168 Å². The van der Waals surface area contributed by atoms with Gasteiger partial charge in [0.05, 0.1) is 11.4 Å². The predicted octanol–water partition coefficient (Wildman–Crippen LogP) is 2.12. The van der Waals surface area contributed by atoms with Crippen LogP contribution in [0.4, 0.5) is 4.79 Å². The van der Waals surface area contributed by atoms with Crippen LogP contribution in [0.15, 0.2) is 18.2 Å². The van der Waals surface area contributed by atoms with E-state index in [-0.39, 0.29) is 11.7 Å². The maximum absolute atomic E-state index is 12.3. The molecule has 1 aromatic carbocycles. The van der Waals surface area contributed by atoms with E-state index in [0.29, 0.717) is 5.69 Å². The molecule has 1 heterocycles. The highest BCUT2D eigenvalue weighted by Crippen LogP contribution is 2.17. The molecular formula is C20H25N5O4. The number of urea groups is 1. The van der Waals surface area contributed by atoms with Gasteiger partial charge >= 0.3 is 12.0 Å². The lowest BCUT2D eigenvalue weighted by Gasteiger charge is -2.12. The van der Waals surface area contributed by atoms with E-state index < -0.39 is 24.5 Å². The SMILES string of the molecule is Cc1ccc(-n2nc(C)c(C(=O)OCC(=O)NC(=O)NC3CCCC3)n2)c(C)c1. The van der Waals surface area contributed by atoms with Crippen molar-refractivity contribution in [2.45, 2.75) is 52.5 Å². The first-order valence-electron chi connectivity index (χ1n) is 9.62. The molecule has 0 aliphatic heterocycles. The molecule has 0 saturated heterocycles. The Kier molecular flexibility index (Phi) is 6.26. The lowest BCUT2D eigenvalue weighted by Crippen LogP contribution is -2.45. The molecule has 0 unspecified atom stereocenters. The van der Waals surface area contributed by atoms with Crippen LogP contribution >= 0.6 is 0 Å². The topological polar surface area (TPSA) is 115 Å². The molecule has 3 amide bonds. The molecule has 1 aromatic heterocycles. The maximum atomic E-state index is 12.3. The molecule has 0 bridgehead atoms. The minimum absolute atomic E-state index is 0.0215. The van der Waals surface area contributed by atoms with Gasteiger partial charge in [0, 0.05) is 6.04 Å². The van der Waals surface area contributed by atoms with Crippen molar-refractivity contribution in [1.29, 1.82) is 0 Å². The number of ether oxygens (including phenoxy) is 1. The zero-order valence-corrected chi connectivity index (χ0v) is 16.8. The predicted molar refractivity (Wildman–Crippen MR) is 105 cm³/mol. The summed E-state index contributed by atoms with van der Waals surface area (Å²) in [6, 6.07) is 5.31. The summed E-state index contributed by atoms with van der Waals surface area (Å²) in [5.74, 6) is -1.47. The summed E-state index contributed by atoms with van der Waals surface area (Å²) >= 11 is 0. The van der Waals surface area contributed by atoms with Crippen molar-refractivity contribution >= 4 is 17.9 Å². The number of nitrogens with one attached hydrogen (secondary N) is 2. The van der Waals surface area contributed by atoms with Crippen LogP contribution in [0.5, 0.6) is 0 Å². The van der Waals surface area contributed by atoms with Crippen LogP contribution < -0.4 is 10.6 Å². The van der Waals surface area contributed by atoms with E-state index in [9.17, 15) is 14.4 Å². The first-order chi connectivity index (χ1) is 13.8. The minimum Gasteiger partial charge on any atom is -0.451 e. The molecule has 2 aromatic rings. The molecule has 0 atom stereocenters. The van der Waals surface area contributed by atoms with Crippen LogP contribution in [0, 0.1) is 20.8 Å². The van der Waals surface area contributed by atoms with Crippen molar-refractivity contribution in [2.24, 2.45) is 0 Å². The van der Waals surface area contributed by atoms with Crippen molar-refractivity contribution in [3.05, 3.63) is 40.7 Å². The monoisotopic (exact) mass is 399 g/mol. The number of nitrogens with zero attached hydrogens (tertiary/aromatic N) is 3. The minimum atomic E-state index is -0.773. The Hall–Kier alpha value is -3.23. The van der Waals surface area contributed by atoms with E-state index in [1.165, 1.54) is 4.80 Å². The first-order valence-corrected chi connectivity index (χ1v) is 9.62. The van der Waals surface area contributed by atoms with Gasteiger partial charge in [0.15, 0.2) is 12.3 Å². The Balaban J connectivity index is 1.56. The lowest BCUT2D eigenvalue weighted by atomic mass is 10.1. The third-order valence-corrected chi connectivity index (χ3v) is 4.82. The first kappa shape index (κ1) is 20.5. The molecule has 9 nitrogen and oxygen atoms in total. The van der Waals surface area contributed by atoms with E-state index in [4.69, 9.17) is 4.74 Å². The number of aryl methyl sites for hydroxylation is 3. The number of hydrogen-bond acceptors (Lipinski definition) is 6. The number of aromatic nitrogens is 3. The molecule has 1 aliphatic rings. The van der Waals surface area contributed by atoms with Gasteiger partial charge in [-0.3, -0.25) is 10.1 Å². The van der Waals surface area contributed by atoms with Gasteiger partial charge in [0.25, 0.3) is 5.91 Å². The molecular weight excluding hydrogens is 374 g/mol. The largest absolute Gasteiger partial charge is 0.451 e. The number of amides is 3. The van der Waals surface area contributed by atoms with Gasteiger partial charge in [0.1, 0.15) is 0 Å². The molecule has 0 spiro atoms. The number of hydrogen-bond donors (Lipinski definition) is 2. The molecule has 3 rings (SSSR count). The van der Waals surface area contributed by atoms with Gasteiger partial charge in [-0.15, -0.1) is 5.10 Å². The highest BCUT2D eigenvalue weighted by molar-refractivity contribution is 5.96. The molecule has 2 N–H and O–H groups in total. The highest BCUT2D eigenvalue weighted by atomic mass is 16.5. The Morgan fingerprint density at radius 2 is 1.86 bits per heavy atom. The average molecular weight is 399 g/mol. The van der Waals surface area contributed by atoms with Crippen LogP contribution in [0.2, 0.25) is 0 Å². The van der Waals surface area contributed by atoms with Crippen molar-refractivity contribution in [1.82, 2.24) is 25.6 Å². The summed E-state index contributed by atoms with van der Waals surface area (Å²) in [7, 11) is 0. The normalized spacial score (nSPS) is 13.9. The second-order valence-electron chi connectivity index (χ2n) is 7.29. The van der Waals surface area contributed by atoms with Crippen LogP contribution in [0.25, 0.3) is 5.69 Å². The molecule has 154 valence electrons. The van der Waals surface area contributed by atoms with Crippen LogP contribution in [-0.4, -0.2) is 45.6 Å².